The van der Waals surface area contributed by atoms with Gasteiger partial charge in [-0.25, -0.2) is 9.78 Å². The van der Waals surface area contributed by atoms with Crippen LogP contribution in [0.4, 0.5) is 9.93 Å². The number of urea groups is 1. The van der Waals surface area contributed by atoms with E-state index in [-0.39, 0.29) is 6.03 Å². The van der Waals surface area contributed by atoms with Crippen LogP contribution in [0.3, 0.4) is 0 Å². The molecule has 0 aromatic carbocycles. The van der Waals surface area contributed by atoms with Crippen LogP contribution in [0.1, 0.15) is 41.3 Å². The lowest BCUT2D eigenvalue weighted by Crippen LogP contribution is -2.34. The Morgan fingerprint density at radius 2 is 2.20 bits per heavy atom. The lowest BCUT2D eigenvalue weighted by atomic mass is 9.99. The number of thiazole rings is 1. The van der Waals surface area contributed by atoms with E-state index in [4.69, 9.17) is 4.74 Å². The lowest BCUT2D eigenvalue weighted by Gasteiger charge is -2.20. The summed E-state index contributed by atoms with van der Waals surface area (Å²) >= 11 is 1.58. The summed E-state index contributed by atoms with van der Waals surface area (Å²) in [7, 11) is 1.96. The quantitative estimate of drug-likeness (QED) is 0.893. The van der Waals surface area contributed by atoms with Crippen LogP contribution in [0.15, 0.2) is 12.4 Å². The molecule has 0 atom stereocenters. The molecule has 1 saturated heterocycles. The Balaban J connectivity index is 1.41. The minimum atomic E-state index is -0.0791. The van der Waals surface area contributed by atoms with Crippen LogP contribution in [0.25, 0.3) is 0 Å². The average molecular weight is 361 g/mol. The number of nitrogens with one attached hydrogen (secondary N) is 1. The zero-order valence-corrected chi connectivity index (χ0v) is 15.2. The van der Waals surface area contributed by atoms with Gasteiger partial charge in [0.15, 0.2) is 5.13 Å². The molecule has 4 heterocycles. The first-order valence-electron chi connectivity index (χ1n) is 8.80. The fraction of sp³-hybridized carbons (Fsp3) is 0.588. The van der Waals surface area contributed by atoms with E-state index in [1.807, 2.05) is 29.0 Å². The van der Waals surface area contributed by atoms with Gasteiger partial charge >= 0.3 is 6.03 Å². The smallest absolute Gasteiger partial charge is 0.323 e. The highest BCUT2D eigenvalue weighted by molar-refractivity contribution is 7.15. The first-order valence-corrected chi connectivity index (χ1v) is 9.61. The molecule has 1 fully saturated rings. The summed E-state index contributed by atoms with van der Waals surface area (Å²) in [5.74, 6) is 0.507. The molecular weight excluding hydrogens is 338 g/mol. The Hall–Kier alpha value is -1.93. The van der Waals surface area contributed by atoms with Crippen LogP contribution in [0.5, 0.6) is 0 Å². The molecule has 4 rings (SSSR count). The molecule has 1 N–H and O–H groups in total. The topological polar surface area (TPSA) is 72.3 Å². The molecule has 7 nitrogen and oxygen atoms in total. The van der Waals surface area contributed by atoms with E-state index in [0.29, 0.717) is 17.6 Å². The number of carbonyl (C=O) groups is 1. The molecule has 2 aliphatic heterocycles. The molecule has 2 aromatic rings. The van der Waals surface area contributed by atoms with Gasteiger partial charge in [-0.1, -0.05) is 0 Å². The maximum absolute atomic E-state index is 12.7. The van der Waals surface area contributed by atoms with Gasteiger partial charge in [0.2, 0.25) is 0 Å². The number of rotatable bonds is 2. The van der Waals surface area contributed by atoms with Gasteiger partial charge in [0.05, 0.1) is 12.7 Å². The molecule has 2 amide bonds. The highest BCUT2D eigenvalue weighted by atomic mass is 32.1. The average Bonchev–Trinajstić information content (AvgIpc) is 3.16. The van der Waals surface area contributed by atoms with Crippen LogP contribution in [0, 0.1) is 0 Å². The molecule has 0 spiro atoms. The van der Waals surface area contributed by atoms with Crippen molar-refractivity contribution in [1.29, 1.82) is 0 Å². The van der Waals surface area contributed by atoms with Crippen molar-refractivity contribution >= 4 is 22.5 Å². The minimum absolute atomic E-state index is 0.0791. The van der Waals surface area contributed by atoms with E-state index in [0.717, 1.165) is 51.0 Å². The zero-order chi connectivity index (χ0) is 17.2. The lowest BCUT2D eigenvalue weighted by molar-refractivity contribution is 0.0860. The molecule has 0 aliphatic carbocycles. The predicted molar refractivity (Wildman–Crippen MR) is 95.9 cm³/mol. The van der Waals surface area contributed by atoms with Crippen LogP contribution >= 0.6 is 11.3 Å². The number of hydrogen-bond acceptors (Lipinski definition) is 5. The van der Waals surface area contributed by atoms with Gasteiger partial charge < -0.3 is 9.64 Å². The zero-order valence-electron chi connectivity index (χ0n) is 14.4. The summed E-state index contributed by atoms with van der Waals surface area (Å²) < 4.78 is 7.33. The largest absolute Gasteiger partial charge is 0.381 e. The summed E-state index contributed by atoms with van der Waals surface area (Å²) in [6.45, 7) is 2.98. The second kappa shape index (κ2) is 7.13. The molecule has 134 valence electrons. The van der Waals surface area contributed by atoms with Crippen molar-refractivity contribution in [2.45, 2.75) is 38.1 Å². The van der Waals surface area contributed by atoms with E-state index < -0.39 is 0 Å². The van der Waals surface area contributed by atoms with Crippen molar-refractivity contribution in [3.05, 3.63) is 28.5 Å². The maximum Gasteiger partial charge on any atom is 0.323 e. The first kappa shape index (κ1) is 16.5. The number of carbonyl (C=O) groups excluding carboxylic acids is 1. The number of nitrogens with zero attached hydrogens (tertiary/aromatic N) is 4. The van der Waals surface area contributed by atoms with Crippen molar-refractivity contribution in [3.8, 4) is 0 Å². The molecule has 2 aliphatic rings. The number of anilines is 1. The normalized spacial score (nSPS) is 18.7. The number of hydrogen-bond donors (Lipinski definition) is 1. The SMILES string of the molecule is Cn1ncc2c1CCCN(C(=O)Nc1ncc(C3CCOCC3)s1)C2. The van der Waals surface area contributed by atoms with Crippen LogP contribution in [-0.4, -0.2) is 45.5 Å². The second-order valence-corrected chi connectivity index (χ2v) is 7.71. The van der Waals surface area contributed by atoms with E-state index >= 15 is 0 Å². The molecule has 8 heteroatoms. The Morgan fingerprint density at radius 3 is 3.04 bits per heavy atom. The third-order valence-corrected chi connectivity index (χ3v) is 6.07. The molecule has 25 heavy (non-hydrogen) atoms. The van der Waals surface area contributed by atoms with Gasteiger partial charge in [-0.2, -0.15) is 5.10 Å². The third-order valence-electron chi connectivity index (χ3n) is 5.00. The molecule has 0 radical (unpaired) electrons. The van der Waals surface area contributed by atoms with E-state index in [1.54, 1.807) is 11.3 Å². The van der Waals surface area contributed by atoms with E-state index in [9.17, 15) is 4.79 Å². The Morgan fingerprint density at radius 1 is 1.36 bits per heavy atom. The predicted octanol–water partition coefficient (Wildman–Crippen LogP) is 2.75. The van der Waals surface area contributed by atoms with Crippen molar-refractivity contribution in [1.82, 2.24) is 19.7 Å². The van der Waals surface area contributed by atoms with Gasteiger partial charge in [-0.15, -0.1) is 11.3 Å². The Bertz CT molecular complexity index is 750. The maximum atomic E-state index is 12.7. The monoisotopic (exact) mass is 361 g/mol. The summed E-state index contributed by atoms with van der Waals surface area (Å²) in [5, 5.41) is 7.97. The number of fused-ring (bicyclic) bond motifs is 1. The summed E-state index contributed by atoms with van der Waals surface area (Å²) in [6.07, 6.45) is 7.74. The van der Waals surface area contributed by atoms with Crippen molar-refractivity contribution < 1.29 is 9.53 Å². The van der Waals surface area contributed by atoms with Crippen LogP contribution in [-0.2, 0) is 24.8 Å². The third kappa shape index (κ3) is 3.55. The molecular formula is C17H23N5O2S. The molecule has 0 unspecified atom stereocenters. The van der Waals surface area contributed by atoms with Gasteiger partial charge in [0.1, 0.15) is 0 Å². The number of amides is 2. The van der Waals surface area contributed by atoms with Crippen molar-refractivity contribution in [3.63, 3.8) is 0 Å². The summed E-state index contributed by atoms with van der Waals surface area (Å²) in [4.78, 5) is 20.1. The minimum Gasteiger partial charge on any atom is -0.381 e. The van der Waals surface area contributed by atoms with Gasteiger partial charge in [0.25, 0.3) is 0 Å². The van der Waals surface area contributed by atoms with E-state index in [1.165, 1.54) is 10.6 Å². The van der Waals surface area contributed by atoms with Gasteiger partial charge in [-0.3, -0.25) is 10.00 Å². The standard InChI is InChI=1S/C17H23N5O2S/c1-21-14-3-2-6-22(11-13(14)9-19-21)17(23)20-16-18-10-15(25-16)12-4-7-24-8-5-12/h9-10,12H,2-8,11H2,1H3,(H,18,20,23). The van der Waals surface area contributed by atoms with Crippen LogP contribution < -0.4 is 5.32 Å². The Labute approximate surface area is 151 Å². The fourth-order valence-electron chi connectivity index (χ4n) is 3.54. The summed E-state index contributed by atoms with van der Waals surface area (Å²) in [5.41, 5.74) is 2.36. The first-order chi connectivity index (χ1) is 12.2. The number of aryl methyl sites for hydroxylation is 1. The van der Waals surface area contributed by atoms with Crippen LogP contribution in [0.2, 0.25) is 0 Å². The highest BCUT2D eigenvalue weighted by Crippen LogP contribution is 2.32. The Kier molecular flexibility index (Phi) is 4.72. The highest BCUT2D eigenvalue weighted by Gasteiger charge is 2.23. The molecule has 2 aromatic heterocycles. The molecule has 0 saturated carbocycles. The number of ether oxygens (including phenoxy) is 1. The van der Waals surface area contributed by atoms with Gasteiger partial charge in [0, 0.05) is 49.1 Å². The second-order valence-electron chi connectivity index (χ2n) is 6.65. The van der Waals surface area contributed by atoms with Crippen molar-refractivity contribution in [2.24, 2.45) is 7.05 Å². The molecule has 0 bridgehead atoms. The van der Waals surface area contributed by atoms with E-state index in [2.05, 4.69) is 15.4 Å². The van der Waals surface area contributed by atoms with Gasteiger partial charge in [-0.05, 0) is 31.6 Å². The fourth-order valence-corrected chi connectivity index (χ4v) is 4.52. The van der Waals surface area contributed by atoms with Crippen molar-refractivity contribution in [2.75, 3.05) is 25.1 Å². The number of aromatic nitrogens is 3. The summed E-state index contributed by atoms with van der Waals surface area (Å²) in [6, 6.07) is -0.0791.